The number of ether oxygens (including phenoxy) is 1. The van der Waals surface area contributed by atoms with Gasteiger partial charge in [0.25, 0.3) is 5.69 Å². The van der Waals surface area contributed by atoms with Gasteiger partial charge in [-0.1, -0.05) is 18.2 Å². The standard InChI is InChI=1S/C18H17N3O4S/c1-2-25-16-9-6-13(7-10-16)8-11-17(22)20-18(26)19-14-4-3-5-15(12-14)21(23)24/h3-12H,2H2,1H3,(H2,19,20,22,26)/b11-8+. The van der Waals surface area contributed by atoms with Crippen LogP contribution in [0.4, 0.5) is 11.4 Å². The largest absolute Gasteiger partial charge is 0.494 e. The number of rotatable bonds is 6. The zero-order valence-corrected chi connectivity index (χ0v) is 14.8. The van der Waals surface area contributed by atoms with Crippen molar-refractivity contribution in [3.8, 4) is 5.75 Å². The third-order valence-electron chi connectivity index (χ3n) is 3.17. The summed E-state index contributed by atoms with van der Waals surface area (Å²) in [5.74, 6) is 0.346. The molecule has 134 valence electrons. The molecule has 0 fully saturated rings. The van der Waals surface area contributed by atoms with Gasteiger partial charge in [0.05, 0.1) is 11.5 Å². The first kappa shape index (κ1) is 19.1. The summed E-state index contributed by atoms with van der Waals surface area (Å²) in [5, 5.41) is 16.0. The molecule has 7 nitrogen and oxygen atoms in total. The normalized spacial score (nSPS) is 10.3. The van der Waals surface area contributed by atoms with E-state index in [0.29, 0.717) is 12.3 Å². The minimum Gasteiger partial charge on any atom is -0.494 e. The predicted octanol–water partition coefficient (Wildman–Crippen LogP) is 3.52. The van der Waals surface area contributed by atoms with Crippen LogP contribution >= 0.6 is 12.2 Å². The number of anilines is 1. The average Bonchev–Trinajstić information content (AvgIpc) is 2.61. The van der Waals surface area contributed by atoms with E-state index in [1.54, 1.807) is 12.1 Å². The van der Waals surface area contributed by atoms with Gasteiger partial charge in [0.2, 0.25) is 5.91 Å². The number of nitrogens with one attached hydrogen (secondary N) is 2. The molecule has 0 aromatic heterocycles. The number of benzene rings is 2. The van der Waals surface area contributed by atoms with Gasteiger partial charge in [0, 0.05) is 23.9 Å². The van der Waals surface area contributed by atoms with E-state index in [9.17, 15) is 14.9 Å². The first-order valence-electron chi connectivity index (χ1n) is 7.75. The maximum Gasteiger partial charge on any atom is 0.271 e. The smallest absolute Gasteiger partial charge is 0.271 e. The Hall–Kier alpha value is -3.26. The molecular weight excluding hydrogens is 354 g/mol. The Balaban J connectivity index is 1.89. The van der Waals surface area contributed by atoms with Crippen molar-refractivity contribution in [2.75, 3.05) is 11.9 Å². The van der Waals surface area contributed by atoms with Crippen LogP contribution in [0, 0.1) is 10.1 Å². The maximum atomic E-state index is 11.9. The monoisotopic (exact) mass is 371 g/mol. The summed E-state index contributed by atoms with van der Waals surface area (Å²) < 4.78 is 5.35. The van der Waals surface area contributed by atoms with Crippen LogP contribution in [0.15, 0.2) is 54.6 Å². The number of nitro groups is 1. The fourth-order valence-corrected chi connectivity index (χ4v) is 2.25. The van der Waals surface area contributed by atoms with Crippen LogP contribution in [0.1, 0.15) is 12.5 Å². The van der Waals surface area contributed by atoms with Crippen molar-refractivity contribution in [3.05, 3.63) is 70.3 Å². The van der Waals surface area contributed by atoms with Crippen LogP contribution < -0.4 is 15.4 Å². The molecule has 2 aromatic carbocycles. The Labute approximate surface area is 155 Å². The number of nitro benzene ring substituents is 1. The van der Waals surface area contributed by atoms with E-state index in [-0.39, 0.29) is 10.8 Å². The number of hydrogen-bond donors (Lipinski definition) is 2. The molecule has 0 bridgehead atoms. The fourth-order valence-electron chi connectivity index (χ4n) is 2.03. The van der Waals surface area contributed by atoms with E-state index in [2.05, 4.69) is 10.6 Å². The molecule has 2 rings (SSSR count). The van der Waals surface area contributed by atoms with Crippen molar-refractivity contribution >= 4 is 40.7 Å². The molecule has 0 aliphatic heterocycles. The van der Waals surface area contributed by atoms with Crippen LogP contribution in [0.5, 0.6) is 5.75 Å². The Bertz CT molecular complexity index is 835. The minimum atomic E-state index is -0.508. The molecule has 8 heteroatoms. The lowest BCUT2D eigenvalue weighted by Gasteiger charge is -2.07. The average molecular weight is 371 g/mol. The Morgan fingerprint density at radius 2 is 2.00 bits per heavy atom. The van der Waals surface area contributed by atoms with E-state index in [4.69, 9.17) is 17.0 Å². The Morgan fingerprint density at radius 3 is 2.65 bits per heavy atom. The number of carbonyl (C=O) groups is 1. The van der Waals surface area contributed by atoms with Gasteiger partial charge in [-0.3, -0.25) is 20.2 Å². The summed E-state index contributed by atoms with van der Waals surface area (Å²) >= 11 is 5.03. The third-order valence-corrected chi connectivity index (χ3v) is 3.37. The summed E-state index contributed by atoms with van der Waals surface area (Å²) in [7, 11) is 0. The number of amides is 1. The van der Waals surface area contributed by atoms with Gasteiger partial charge in [-0.05, 0) is 49.0 Å². The second-order valence-electron chi connectivity index (χ2n) is 5.09. The van der Waals surface area contributed by atoms with Crippen molar-refractivity contribution in [1.29, 1.82) is 0 Å². The van der Waals surface area contributed by atoms with Crippen LogP contribution in [0.3, 0.4) is 0 Å². The predicted molar refractivity (Wildman–Crippen MR) is 104 cm³/mol. The first-order chi connectivity index (χ1) is 12.5. The molecule has 26 heavy (non-hydrogen) atoms. The van der Waals surface area contributed by atoms with Crippen LogP contribution in [0.25, 0.3) is 6.08 Å². The third kappa shape index (κ3) is 5.99. The lowest BCUT2D eigenvalue weighted by Crippen LogP contribution is -2.32. The Morgan fingerprint density at radius 1 is 1.27 bits per heavy atom. The van der Waals surface area contributed by atoms with E-state index in [1.165, 1.54) is 24.3 Å². The zero-order valence-electron chi connectivity index (χ0n) is 14.0. The van der Waals surface area contributed by atoms with Crippen molar-refractivity contribution in [1.82, 2.24) is 5.32 Å². The highest BCUT2D eigenvalue weighted by Crippen LogP contribution is 2.17. The topological polar surface area (TPSA) is 93.5 Å². The lowest BCUT2D eigenvalue weighted by atomic mass is 10.2. The maximum absolute atomic E-state index is 11.9. The van der Waals surface area contributed by atoms with Crippen molar-refractivity contribution in [2.24, 2.45) is 0 Å². The summed E-state index contributed by atoms with van der Waals surface area (Å²) in [6, 6.07) is 13.1. The zero-order chi connectivity index (χ0) is 18.9. The number of carbonyl (C=O) groups excluding carboxylic acids is 1. The molecule has 0 aliphatic carbocycles. The highest BCUT2D eigenvalue weighted by molar-refractivity contribution is 7.80. The van der Waals surface area contributed by atoms with Gasteiger partial charge >= 0.3 is 0 Å². The first-order valence-corrected chi connectivity index (χ1v) is 8.16. The second-order valence-corrected chi connectivity index (χ2v) is 5.49. The SMILES string of the molecule is CCOc1ccc(/C=C/C(=O)NC(=S)Nc2cccc([N+](=O)[O-])c2)cc1. The molecule has 0 atom stereocenters. The molecule has 0 unspecified atom stereocenters. The van der Waals surface area contributed by atoms with Gasteiger partial charge in [0.15, 0.2) is 5.11 Å². The summed E-state index contributed by atoms with van der Waals surface area (Å²) in [5.41, 5.74) is 1.18. The van der Waals surface area contributed by atoms with Gasteiger partial charge in [-0.2, -0.15) is 0 Å². The van der Waals surface area contributed by atoms with Gasteiger partial charge < -0.3 is 10.1 Å². The highest BCUT2D eigenvalue weighted by Gasteiger charge is 2.07. The van der Waals surface area contributed by atoms with Crippen molar-refractivity contribution < 1.29 is 14.5 Å². The van der Waals surface area contributed by atoms with E-state index in [0.717, 1.165) is 11.3 Å². The van der Waals surface area contributed by atoms with Crippen molar-refractivity contribution in [3.63, 3.8) is 0 Å². The van der Waals surface area contributed by atoms with Crippen LogP contribution in [-0.4, -0.2) is 22.5 Å². The molecule has 1 amide bonds. The van der Waals surface area contributed by atoms with Gasteiger partial charge in [-0.25, -0.2) is 0 Å². The molecule has 0 saturated heterocycles. The summed E-state index contributed by atoms with van der Waals surface area (Å²) in [6.07, 6.45) is 2.98. The minimum absolute atomic E-state index is 0.0480. The Kier molecular flexibility index (Phi) is 6.81. The number of non-ortho nitro benzene ring substituents is 1. The quantitative estimate of drug-likeness (QED) is 0.349. The molecule has 0 heterocycles. The van der Waals surface area contributed by atoms with Crippen LogP contribution in [0.2, 0.25) is 0 Å². The van der Waals surface area contributed by atoms with Gasteiger partial charge in [0.1, 0.15) is 5.75 Å². The fraction of sp³-hybridized carbons (Fsp3) is 0.111. The van der Waals surface area contributed by atoms with Gasteiger partial charge in [-0.15, -0.1) is 0 Å². The molecule has 0 aliphatic rings. The summed E-state index contributed by atoms with van der Waals surface area (Å²) in [6.45, 7) is 2.50. The number of thiocarbonyl (C=S) groups is 1. The molecule has 0 radical (unpaired) electrons. The van der Waals surface area contributed by atoms with E-state index >= 15 is 0 Å². The van der Waals surface area contributed by atoms with Crippen LogP contribution in [-0.2, 0) is 4.79 Å². The molecule has 2 aromatic rings. The van der Waals surface area contributed by atoms with Crippen molar-refractivity contribution in [2.45, 2.75) is 6.92 Å². The molecule has 0 saturated carbocycles. The summed E-state index contributed by atoms with van der Waals surface area (Å²) in [4.78, 5) is 22.1. The number of nitrogens with zero attached hydrogens (tertiary/aromatic N) is 1. The highest BCUT2D eigenvalue weighted by atomic mass is 32.1. The molecule has 2 N–H and O–H groups in total. The van der Waals surface area contributed by atoms with E-state index < -0.39 is 10.8 Å². The molecular formula is C18H17N3O4S. The number of hydrogen-bond acceptors (Lipinski definition) is 5. The molecule has 0 spiro atoms. The van der Waals surface area contributed by atoms with E-state index in [1.807, 2.05) is 31.2 Å². The lowest BCUT2D eigenvalue weighted by molar-refractivity contribution is -0.384. The second kappa shape index (κ2) is 9.28.